The fourth-order valence-corrected chi connectivity index (χ4v) is 1.01. The van der Waals surface area contributed by atoms with Crippen LogP contribution >= 0.6 is 0 Å². The maximum atomic E-state index is 10.8. The van der Waals surface area contributed by atoms with Gasteiger partial charge in [-0.1, -0.05) is 6.58 Å². The molecule has 0 aliphatic heterocycles. The number of carbonyl (C=O) groups is 1. The third kappa shape index (κ3) is 8.47. The van der Waals surface area contributed by atoms with Gasteiger partial charge in [-0.15, -0.1) is 0 Å². The Bertz CT molecular complexity index is 232. The molecule has 0 saturated heterocycles. The Kier molecular flexibility index (Phi) is 8.40. The summed E-state index contributed by atoms with van der Waals surface area (Å²) in [6.45, 7) is 6.44. The predicted octanol–water partition coefficient (Wildman–Crippen LogP) is -3.12. The molecule has 0 saturated carbocycles. The summed E-state index contributed by atoms with van der Waals surface area (Å²) >= 11 is -2.56. The fourth-order valence-electron chi connectivity index (χ4n) is 0.616. The van der Waals surface area contributed by atoms with Gasteiger partial charge < -0.3 is 9.87 Å². The summed E-state index contributed by atoms with van der Waals surface area (Å²) in [5.74, 6) is -0.370. The minimum absolute atomic E-state index is 0. The molecule has 0 aromatic carbocycles. The zero-order chi connectivity index (χ0) is 10.5. The van der Waals surface area contributed by atoms with Crippen molar-refractivity contribution in [3.8, 4) is 0 Å². The smallest absolute Gasteiger partial charge is 0.750 e. The Labute approximate surface area is 97.9 Å². The summed E-state index contributed by atoms with van der Waals surface area (Å²) in [5, 5.41) is 2.51. The van der Waals surface area contributed by atoms with Crippen LogP contribution in [0.3, 0.4) is 0 Å². The third-order valence-corrected chi connectivity index (χ3v) is 1.47. The second-order valence-electron chi connectivity index (χ2n) is 3.04. The molecular weight excluding hydrogens is 201 g/mol. The average Bonchev–Trinajstić information content (AvgIpc) is 2.00. The van der Waals surface area contributed by atoms with Crippen molar-refractivity contribution >= 4 is 17.3 Å². The first-order valence-corrected chi connectivity index (χ1v) is 4.54. The van der Waals surface area contributed by atoms with Crippen molar-refractivity contribution in [3.63, 3.8) is 0 Å². The molecule has 0 aliphatic carbocycles. The molecule has 1 N–H and O–H groups in total. The van der Waals surface area contributed by atoms with E-state index in [2.05, 4.69) is 16.1 Å². The van der Waals surface area contributed by atoms with Gasteiger partial charge in [0.15, 0.2) is 0 Å². The monoisotopic (exact) mass is 213 g/mol. The van der Waals surface area contributed by atoms with Crippen LogP contribution in [0.1, 0.15) is 13.8 Å². The molecule has 0 radical (unpaired) electrons. The molecule has 5 nitrogen and oxygen atoms in total. The van der Waals surface area contributed by atoms with Crippen molar-refractivity contribution in [1.29, 1.82) is 0 Å². The molecule has 0 aromatic heterocycles. The summed E-state index contributed by atoms with van der Waals surface area (Å²) in [7, 11) is 0. The Morgan fingerprint density at radius 3 is 2.57 bits per heavy atom. The third-order valence-electron chi connectivity index (χ3n) is 1.16. The van der Waals surface area contributed by atoms with E-state index in [1.165, 1.54) is 0 Å². The maximum absolute atomic E-state index is 10.8. The molecule has 0 bridgehead atoms. The normalized spacial score (nSPS) is 12.5. The van der Waals surface area contributed by atoms with Gasteiger partial charge in [-0.2, -0.15) is 0 Å². The number of nitrogens with one attached hydrogen (secondary N) is 1. The summed E-state index contributed by atoms with van der Waals surface area (Å²) in [6.07, 6.45) is 1.11. The predicted molar refractivity (Wildman–Crippen MR) is 47.3 cm³/mol. The second kappa shape index (κ2) is 7.21. The molecule has 14 heavy (non-hydrogen) atoms. The maximum Gasteiger partial charge on any atom is 1.00 e. The zero-order valence-electron chi connectivity index (χ0n) is 8.53. The van der Waals surface area contributed by atoms with Crippen LogP contribution in [0.25, 0.3) is 0 Å². The average molecular weight is 213 g/mol. The van der Waals surface area contributed by atoms with E-state index in [4.69, 9.17) is 0 Å². The van der Waals surface area contributed by atoms with Crippen molar-refractivity contribution in [2.45, 2.75) is 19.4 Å². The van der Waals surface area contributed by atoms with Gasteiger partial charge in [0.05, 0.1) is 23.5 Å². The van der Waals surface area contributed by atoms with E-state index in [0.717, 1.165) is 6.08 Å². The molecule has 0 aromatic rings. The first-order chi connectivity index (χ1) is 5.87. The van der Waals surface area contributed by atoms with Crippen molar-refractivity contribution in [2.75, 3.05) is 6.61 Å². The van der Waals surface area contributed by atoms with Crippen molar-refractivity contribution in [3.05, 3.63) is 12.7 Å². The van der Waals surface area contributed by atoms with Crippen molar-refractivity contribution in [2.24, 2.45) is 0 Å². The van der Waals surface area contributed by atoms with E-state index in [0.29, 0.717) is 0 Å². The van der Waals surface area contributed by atoms with Crippen LogP contribution in [-0.2, 0) is 20.3 Å². The van der Waals surface area contributed by atoms with Crippen LogP contribution in [0.2, 0.25) is 0 Å². The first-order valence-electron chi connectivity index (χ1n) is 3.54. The standard InChI is InChI=1S/C7H13NO4S.Li/c1-4-6(9)8-7(2,3)5-12-13(10)11;/h4H,1,5H2,2-3H3,(H,8,9)(H,10,11);/q;+1/p-1. The summed E-state index contributed by atoms with van der Waals surface area (Å²) in [4.78, 5) is 10.8. The van der Waals surface area contributed by atoms with Gasteiger partial charge in [0.2, 0.25) is 5.91 Å². The van der Waals surface area contributed by atoms with Gasteiger partial charge >= 0.3 is 18.9 Å². The molecule has 76 valence electrons. The van der Waals surface area contributed by atoms with Gasteiger partial charge in [-0.25, -0.2) is 4.21 Å². The Hall–Kier alpha value is -0.123. The number of hydrogen-bond donors (Lipinski definition) is 1. The largest absolute Gasteiger partial charge is 1.00 e. The van der Waals surface area contributed by atoms with Crippen LogP contribution in [-0.4, -0.2) is 26.8 Å². The number of rotatable bonds is 5. The van der Waals surface area contributed by atoms with E-state index in [1.807, 2.05) is 0 Å². The van der Waals surface area contributed by atoms with Crippen molar-refractivity contribution < 1.29 is 36.6 Å². The molecule has 0 fully saturated rings. The number of hydrogen-bond acceptors (Lipinski definition) is 4. The zero-order valence-corrected chi connectivity index (χ0v) is 9.35. The van der Waals surface area contributed by atoms with Crippen molar-refractivity contribution in [1.82, 2.24) is 5.32 Å². The Morgan fingerprint density at radius 2 is 2.21 bits per heavy atom. The summed E-state index contributed by atoms with van der Waals surface area (Å²) < 4.78 is 24.4. The molecular formula is C7H12LiNO4S. The van der Waals surface area contributed by atoms with Gasteiger partial charge in [0, 0.05) is 0 Å². The van der Waals surface area contributed by atoms with Gasteiger partial charge in [-0.05, 0) is 19.9 Å². The summed E-state index contributed by atoms with van der Waals surface area (Å²) in [5.41, 5.74) is -0.731. The molecule has 1 atom stereocenters. The minimum Gasteiger partial charge on any atom is -0.750 e. The molecule has 0 aliphatic rings. The van der Waals surface area contributed by atoms with Crippen LogP contribution in [0.4, 0.5) is 0 Å². The van der Waals surface area contributed by atoms with E-state index < -0.39 is 16.9 Å². The van der Waals surface area contributed by atoms with E-state index >= 15 is 0 Å². The quantitative estimate of drug-likeness (QED) is 0.298. The Balaban J connectivity index is 0. The fraction of sp³-hybridized carbons (Fsp3) is 0.571. The first kappa shape index (κ1) is 16.3. The van der Waals surface area contributed by atoms with Gasteiger partial charge in [-0.3, -0.25) is 8.98 Å². The SMILES string of the molecule is C=CC(=O)NC(C)(C)COS(=O)[O-].[Li+]. The van der Waals surface area contributed by atoms with E-state index in [9.17, 15) is 13.6 Å². The van der Waals surface area contributed by atoms with Crippen LogP contribution in [0.15, 0.2) is 12.7 Å². The van der Waals surface area contributed by atoms with Crippen LogP contribution < -0.4 is 24.2 Å². The molecule has 7 heteroatoms. The molecule has 0 spiro atoms. The molecule has 0 rings (SSSR count). The summed E-state index contributed by atoms with van der Waals surface area (Å²) in [6, 6.07) is 0. The van der Waals surface area contributed by atoms with E-state index in [1.54, 1.807) is 13.8 Å². The molecule has 1 amide bonds. The van der Waals surface area contributed by atoms with E-state index in [-0.39, 0.29) is 31.4 Å². The topological polar surface area (TPSA) is 78.5 Å². The van der Waals surface area contributed by atoms with Crippen LogP contribution in [0.5, 0.6) is 0 Å². The number of carbonyl (C=O) groups excluding carboxylic acids is 1. The molecule has 1 unspecified atom stereocenters. The minimum atomic E-state index is -2.56. The van der Waals surface area contributed by atoms with Gasteiger partial charge in [0.25, 0.3) is 0 Å². The molecule has 0 heterocycles. The van der Waals surface area contributed by atoms with Crippen LogP contribution in [0, 0.1) is 0 Å². The second-order valence-corrected chi connectivity index (χ2v) is 3.69. The number of amides is 1. The Morgan fingerprint density at radius 1 is 1.71 bits per heavy atom. The van der Waals surface area contributed by atoms with Gasteiger partial charge in [0.1, 0.15) is 0 Å².